The van der Waals surface area contributed by atoms with Crippen LogP contribution in [0, 0.1) is 0 Å². The zero-order chi connectivity index (χ0) is 25.5. The highest BCUT2D eigenvalue weighted by atomic mass is 35.5. The second-order valence-corrected chi connectivity index (χ2v) is 10.3. The largest absolute Gasteiger partial charge is 0.486 e. The molecule has 4 rings (SSSR count). The molecule has 6 nitrogen and oxygen atoms in total. The van der Waals surface area contributed by atoms with Crippen molar-refractivity contribution in [2.45, 2.75) is 76.9 Å². The van der Waals surface area contributed by atoms with Crippen molar-refractivity contribution in [1.29, 1.82) is 0 Å². The van der Waals surface area contributed by atoms with Crippen molar-refractivity contribution in [3.8, 4) is 11.5 Å². The number of halogens is 2. The average Bonchev–Trinajstić information content (AvgIpc) is 2.89. The fraction of sp³-hybridized carbons (Fsp3) is 0.500. The summed E-state index contributed by atoms with van der Waals surface area (Å²) in [5, 5.41) is 4.09. The molecular weight excluding hydrogens is 499 g/mol. The van der Waals surface area contributed by atoms with Gasteiger partial charge in [-0.25, -0.2) is 0 Å². The molecule has 0 spiro atoms. The van der Waals surface area contributed by atoms with Gasteiger partial charge in [-0.2, -0.15) is 0 Å². The highest BCUT2D eigenvalue weighted by molar-refractivity contribution is 6.42. The lowest BCUT2D eigenvalue weighted by atomic mass is 9.95. The van der Waals surface area contributed by atoms with Crippen molar-refractivity contribution < 1.29 is 19.1 Å². The Hall–Kier alpha value is -2.44. The summed E-state index contributed by atoms with van der Waals surface area (Å²) in [4.78, 5) is 28.6. The Morgan fingerprint density at radius 3 is 2.42 bits per heavy atom. The summed E-state index contributed by atoms with van der Waals surface area (Å²) in [7, 11) is 0. The summed E-state index contributed by atoms with van der Waals surface area (Å²) in [6.07, 6.45) is 6.79. The normalized spacial score (nSPS) is 16.3. The Bertz CT molecular complexity index is 1070. The second kappa shape index (κ2) is 12.7. The lowest BCUT2D eigenvalue weighted by Gasteiger charge is -2.33. The van der Waals surface area contributed by atoms with Crippen LogP contribution in [0.4, 0.5) is 0 Å². The maximum atomic E-state index is 13.6. The minimum absolute atomic E-state index is 0.0818. The number of nitrogens with one attached hydrogen (secondary N) is 1. The van der Waals surface area contributed by atoms with Gasteiger partial charge < -0.3 is 19.7 Å². The first-order valence-electron chi connectivity index (χ1n) is 12.9. The monoisotopic (exact) mass is 532 g/mol. The third kappa shape index (κ3) is 6.86. The minimum atomic E-state index is -0.561. The predicted molar refractivity (Wildman–Crippen MR) is 142 cm³/mol. The Morgan fingerprint density at radius 1 is 0.972 bits per heavy atom. The molecule has 1 saturated carbocycles. The van der Waals surface area contributed by atoms with Crippen molar-refractivity contribution in [3.05, 3.63) is 57.6 Å². The number of benzene rings is 2. The minimum Gasteiger partial charge on any atom is -0.486 e. The second-order valence-electron chi connectivity index (χ2n) is 9.52. The van der Waals surface area contributed by atoms with Gasteiger partial charge in [0.05, 0.1) is 10.0 Å². The molecule has 1 N–H and O–H groups in total. The first kappa shape index (κ1) is 26.6. The SMILES string of the molecule is CCC(C(=O)NC1CCCCC1)N(Cc1ccc(Cl)c(Cl)c1)C(=O)CCc1ccc2c(c1)OCCO2. The van der Waals surface area contributed by atoms with Crippen LogP contribution in [0.3, 0.4) is 0 Å². The molecule has 36 heavy (non-hydrogen) atoms. The molecule has 0 radical (unpaired) electrons. The maximum Gasteiger partial charge on any atom is 0.243 e. The molecule has 1 fully saturated rings. The first-order valence-corrected chi connectivity index (χ1v) is 13.6. The van der Waals surface area contributed by atoms with Gasteiger partial charge in [0.15, 0.2) is 11.5 Å². The molecule has 0 aromatic heterocycles. The zero-order valence-corrected chi connectivity index (χ0v) is 22.2. The van der Waals surface area contributed by atoms with Crippen molar-refractivity contribution >= 4 is 35.0 Å². The summed E-state index contributed by atoms with van der Waals surface area (Å²) in [5.41, 5.74) is 1.82. The number of hydrogen-bond donors (Lipinski definition) is 1. The van der Waals surface area contributed by atoms with E-state index in [1.165, 1.54) is 6.42 Å². The molecule has 2 aliphatic rings. The molecule has 2 aromatic rings. The zero-order valence-electron chi connectivity index (χ0n) is 20.7. The molecule has 1 atom stereocenters. The predicted octanol–water partition coefficient (Wildman–Crippen LogP) is 5.95. The van der Waals surface area contributed by atoms with Crippen LogP contribution >= 0.6 is 23.2 Å². The molecule has 2 aromatic carbocycles. The van der Waals surface area contributed by atoms with Crippen LogP contribution in [0.25, 0.3) is 0 Å². The molecule has 2 amide bonds. The van der Waals surface area contributed by atoms with E-state index in [2.05, 4.69) is 5.32 Å². The summed E-state index contributed by atoms with van der Waals surface area (Å²) in [5.74, 6) is 1.26. The van der Waals surface area contributed by atoms with Crippen LogP contribution in [-0.2, 0) is 22.6 Å². The number of carbonyl (C=O) groups is 2. The summed E-state index contributed by atoms with van der Waals surface area (Å²) in [6.45, 7) is 3.28. The van der Waals surface area contributed by atoms with Gasteiger partial charge in [-0.15, -0.1) is 0 Å². The van der Waals surface area contributed by atoms with E-state index in [4.69, 9.17) is 32.7 Å². The Morgan fingerprint density at radius 2 is 1.69 bits per heavy atom. The molecule has 1 heterocycles. The third-order valence-corrected chi connectivity index (χ3v) is 7.65. The van der Waals surface area contributed by atoms with E-state index in [1.54, 1.807) is 17.0 Å². The van der Waals surface area contributed by atoms with E-state index in [0.717, 1.165) is 42.6 Å². The van der Waals surface area contributed by atoms with Gasteiger partial charge in [-0.05, 0) is 61.1 Å². The summed E-state index contributed by atoms with van der Waals surface area (Å²) >= 11 is 12.3. The Labute approximate surface area is 223 Å². The highest BCUT2D eigenvalue weighted by Crippen LogP contribution is 2.31. The van der Waals surface area contributed by atoms with E-state index in [-0.39, 0.29) is 30.8 Å². The van der Waals surface area contributed by atoms with Crippen molar-refractivity contribution in [2.75, 3.05) is 13.2 Å². The molecule has 8 heteroatoms. The van der Waals surface area contributed by atoms with Gasteiger partial charge in [0, 0.05) is 19.0 Å². The lowest BCUT2D eigenvalue weighted by Crippen LogP contribution is -2.51. The molecule has 0 saturated heterocycles. The highest BCUT2D eigenvalue weighted by Gasteiger charge is 2.30. The third-order valence-electron chi connectivity index (χ3n) is 6.91. The van der Waals surface area contributed by atoms with E-state index in [9.17, 15) is 9.59 Å². The van der Waals surface area contributed by atoms with Crippen LogP contribution in [0.5, 0.6) is 11.5 Å². The molecule has 1 aliphatic carbocycles. The number of ether oxygens (including phenoxy) is 2. The maximum absolute atomic E-state index is 13.6. The van der Waals surface area contributed by atoms with E-state index in [0.29, 0.717) is 41.9 Å². The van der Waals surface area contributed by atoms with Gasteiger partial charge >= 0.3 is 0 Å². The van der Waals surface area contributed by atoms with E-state index >= 15 is 0 Å². The van der Waals surface area contributed by atoms with Gasteiger partial charge in [0.1, 0.15) is 19.3 Å². The first-order chi connectivity index (χ1) is 17.4. The van der Waals surface area contributed by atoms with Crippen molar-refractivity contribution in [3.63, 3.8) is 0 Å². The molecule has 0 bridgehead atoms. The van der Waals surface area contributed by atoms with Gasteiger partial charge in [-0.3, -0.25) is 9.59 Å². The van der Waals surface area contributed by atoms with Crippen molar-refractivity contribution in [1.82, 2.24) is 10.2 Å². The number of amides is 2. The lowest BCUT2D eigenvalue weighted by molar-refractivity contribution is -0.141. The number of carbonyl (C=O) groups excluding carboxylic acids is 2. The molecule has 1 aliphatic heterocycles. The van der Waals surface area contributed by atoms with Crippen LogP contribution in [0.1, 0.15) is 63.0 Å². The van der Waals surface area contributed by atoms with Crippen molar-refractivity contribution in [2.24, 2.45) is 0 Å². The number of fused-ring (bicyclic) bond motifs is 1. The van der Waals surface area contributed by atoms with Gasteiger partial charge in [-0.1, -0.05) is 61.5 Å². The quantitative estimate of drug-likeness (QED) is 0.433. The number of rotatable bonds is 9. The van der Waals surface area contributed by atoms with Crippen LogP contribution in [0.2, 0.25) is 10.0 Å². The number of aryl methyl sites for hydroxylation is 1. The molecular formula is C28H34Cl2N2O4. The average molecular weight is 533 g/mol. The van der Waals surface area contributed by atoms with Crippen LogP contribution in [-0.4, -0.2) is 42.0 Å². The Kier molecular flexibility index (Phi) is 9.38. The Balaban J connectivity index is 1.49. The summed E-state index contributed by atoms with van der Waals surface area (Å²) < 4.78 is 11.3. The number of hydrogen-bond acceptors (Lipinski definition) is 4. The summed E-state index contributed by atoms with van der Waals surface area (Å²) in [6, 6.07) is 10.7. The van der Waals surface area contributed by atoms with E-state index in [1.807, 2.05) is 31.2 Å². The fourth-order valence-electron chi connectivity index (χ4n) is 4.94. The topological polar surface area (TPSA) is 67.9 Å². The van der Waals surface area contributed by atoms with Gasteiger partial charge in [0.2, 0.25) is 11.8 Å². The van der Waals surface area contributed by atoms with Crippen LogP contribution < -0.4 is 14.8 Å². The fourth-order valence-corrected chi connectivity index (χ4v) is 5.26. The molecule has 1 unspecified atom stereocenters. The molecule has 194 valence electrons. The standard InChI is InChI=1S/C28H34Cl2N2O4/c1-2-24(28(34)31-21-6-4-3-5-7-21)32(18-20-8-11-22(29)23(30)16-20)27(33)13-10-19-9-12-25-26(17-19)36-15-14-35-25/h8-9,11-12,16-17,21,24H,2-7,10,13-15,18H2,1H3,(H,31,34). The smallest absolute Gasteiger partial charge is 0.243 e. The van der Waals surface area contributed by atoms with E-state index < -0.39 is 6.04 Å². The van der Waals surface area contributed by atoms with Gasteiger partial charge in [0.25, 0.3) is 0 Å². The number of nitrogens with zero attached hydrogens (tertiary/aromatic N) is 1. The van der Waals surface area contributed by atoms with Crippen LogP contribution in [0.15, 0.2) is 36.4 Å².